The molecule has 3 aromatic rings. The lowest BCUT2D eigenvalue weighted by Crippen LogP contribution is -2.17. The molecule has 0 aliphatic carbocycles. The van der Waals surface area contributed by atoms with Crippen LogP contribution < -0.4 is 20.1 Å². The van der Waals surface area contributed by atoms with Crippen LogP contribution in [0.25, 0.3) is 0 Å². The summed E-state index contributed by atoms with van der Waals surface area (Å²) < 4.78 is 50.0. The molecule has 34 heavy (non-hydrogen) atoms. The van der Waals surface area contributed by atoms with Crippen LogP contribution in [0.1, 0.15) is 16.2 Å². The number of nitrogens with zero attached hydrogens (tertiary/aromatic N) is 3. The van der Waals surface area contributed by atoms with E-state index in [0.29, 0.717) is 11.3 Å². The Labute approximate surface area is 196 Å². The number of benzene rings is 2. The zero-order chi connectivity index (χ0) is 24.9. The number of nitrogens with one attached hydrogen (secondary N) is 2. The first-order valence-electron chi connectivity index (χ1n) is 9.65. The van der Waals surface area contributed by atoms with Gasteiger partial charge >= 0.3 is 6.18 Å². The van der Waals surface area contributed by atoms with Crippen molar-refractivity contribution in [3.05, 3.63) is 53.9 Å². The molecule has 0 bridgehead atoms. The zero-order valence-electron chi connectivity index (χ0n) is 18.3. The summed E-state index contributed by atoms with van der Waals surface area (Å²) >= 11 is 0.792. The lowest BCUT2D eigenvalue weighted by molar-refractivity contribution is -0.147. The van der Waals surface area contributed by atoms with Gasteiger partial charge in [-0.05, 0) is 12.1 Å². The summed E-state index contributed by atoms with van der Waals surface area (Å²) in [6.07, 6.45) is -4.65. The standard InChI is InChI=1S/C21H20F3N5O4S/c1-29-19(21(22,23)24)27-28-20(29)34-11-17(30)25-13-9-16(33-3)14(10-15(13)32-2)26-18(31)12-7-5-4-6-8-12/h4-10H,11H2,1-3H3,(H,25,30)(H,26,31). The number of hydrogen-bond donors (Lipinski definition) is 2. The maximum atomic E-state index is 12.8. The quantitative estimate of drug-likeness (QED) is 0.458. The van der Waals surface area contributed by atoms with Gasteiger partial charge in [0, 0.05) is 24.7 Å². The minimum atomic E-state index is -4.65. The fourth-order valence-electron chi connectivity index (χ4n) is 2.88. The van der Waals surface area contributed by atoms with Crippen molar-refractivity contribution in [1.29, 1.82) is 0 Å². The summed E-state index contributed by atoms with van der Waals surface area (Å²) in [4.78, 5) is 24.9. The molecule has 3 rings (SSSR count). The lowest BCUT2D eigenvalue weighted by Gasteiger charge is -2.16. The van der Waals surface area contributed by atoms with Crippen molar-refractivity contribution in [3.63, 3.8) is 0 Å². The van der Waals surface area contributed by atoms with Gasteiger partial charge in [-0.2, -0.15) is 13.2 Å². The highest BCUT2D eigenvalue weighted by atomic mass is 32.2. The average Bonchev–Trinajstić information content (AvgIpc) is 3.19. The van der Waals surface area contributed by atoms with Crippen LogP contribution in [0.4, 0.5) is 24.5 Å². The summed E-state index contributed by atoms with van der Waals surface area (Å²) in [5.74, 6) is -1.78. The van der Waals surface area contributed by atoms with Gasteiger partial charge in [0.15, 0.2) is 5.16 Å². The Bertz CT molecular complexity index is 1190. The maximum absolute atomic E-state index is 12.8. The Balaban J connectivity index is 1.72. The van der Waals surface area contributed by atoms with Gasteiger partial charge in [-0.15, -0.1) is 10.2 Å². The van der Waals surface area contributed by atoms with Crippen molar-refractivity contribution in [1.82, 2.24) is 14.8 Å². The molecule has 2 aromatic carbocycles. The predicted octanol–water partition coefficient (Wildman–Crippen LogP) is 3.83. The normalized spacial score (nSPS) is 11.1. The van der Waals surface area contributed by atoms with E-state index < -0.39 is 17.9 Å². The summed E-state index contributed by atoms with van der Waals surface area (Å²) in [7, 11) is 3.94. The molecule has 2 amide bonds. The topological polar surface area (TPSA) is 107 Å². The Morgan fingerprint density at radius 1 is 1.00 bits per heavy atom. The molecule has 13 heteroatoms. The molecule has 0 spiro atoms. The van der Waals surface area contributed by atoms with Crippen LogP contribution in [0.15, 0.2) is 47.6 Å². The van der Waals surface area contributed by atoms with E-state index in [-0.39, 0.29) is 34.0 Å². The smallest absolute Gasteiger partial charge is 0.451 e. The SMILES string of the molecule is COc1cc(NC(=O)c2ccccc2)c(OC)cc1NC(=O)CSc1nnc(C(F)(F)F)n1C. The number of carbonyl (C=O) groups is 2. The molecule has 0 unspecified atom stereocenters. The first kappa shape index (κ1) is 24.9. The number of rotatable bonds is 8. The van der Waals surface area contributed by atoms with Gasteiger partial charge in [0.05, 0.1) is 31.3 Å². The van der Waals surface area contributed by atoms with Gasteiger partial charge in [0.25, 0.3) is 5.91 Å². The predicted molar refractivity (Wildman–Crippen MR) is 119 cm³/mol. The molecule has 1 aromatic heterocycles. The van der Waals surface area contributed by atoms with Crippen LogP contribution in [0.3, 0.4) is 0 Å². The molecule has 0 aliphatic rings. The van der Waals surface area contributed by atoms with Crippen molar-refractivity contribution >= 4 is 35.0 Å². The molecule has 0 atom stereocenters. The Morgan fingerprint density at radius 3 is 2.12 bits per heavy atom. The van der Waals surface area contributed by atoms with Crippen molar-refractivity contribution in [2.45, 2.75) is 11.3 Å². The molecular weight excluding hydrogens is 475 g/mol. The molecule has 2 N–H and O–H groups in total. The first-order chi connectivity index (χ1) is 16.1. The number of methoxy groups -OCH3 is 2. The third-order valence-electron chi connectivity index (χ3n) is 4.50. The van der Waals surface area contributed by atoms with E-state index in [0.717, 1.165) is 16.3 Å². The average molecular weight is 495 g/mol. The van der Waals surface area contributed by atoms with Gasteiger partial charge < -0.3 is 24.7 Å². The fourth-order valence-corrected chi connectivity index (χ4v) is 3.59. The molecule has 0 aliphatic heterocycles. The number of hydrogen-bond acceptors (Lipinski definition) is 7. The third-order valence-corrected chi connectivity index (χ3v) is 5.52. The van der Waals surface area contributed by atoms with Crippen LogP contribution in [-0.2, 0) is 18.0 Å². The van der Waals surface area contributed by atoms with Crippen LogP contribution in [0, 0.1) is 0 Å². The van der Waals surface area contributed by atoms with Crippen molar-refractivity contribution in [3.8, 4) is 11.5 Å². The first-order valence-corrected chi connectivity index (χ1v) is 10.6. The second kappa shape index (κ2) is 10.5. The molecule has 1 heterocycles. The second-order valence-corrected chi connectivity index (χ2v) is 7.72. The summed E-state index contributed by atoms with van der Waals surface area (Å²) in [6, 6.07) is 11.5. The highest BCUT2D eigenvalue weighted by molar-refractivity contribution is 7.99. The van der Waals surface area contributed by atoms with Gasteiger partial charge in [-0.1, -0.05) is 30.0 Å². The largest absolute Gasteiger partial charge is 0.494 e. The Kier molecular flexibility index (Phi) is 7.66. The van der Waals surface area contributed by atoms with Gasteiger partial charge in [-0.25, -0.2) is 0 Å². The molecule has 0 saturated heterocycles. The van der Waals surface area contributed by atoms with E-state index in [9.17, 15) is 22.8 Å². The minimum Gasteiger partial charge on any atom is -0.494 e. The summed E-state index contributed by atoms with van der Waals surface area (Å²) in [5, 5.41) is 11.9. The molecule has 180 valence electrons. The number of anilines is 2. The van der Waals surface area contributed by atoms with Crippen LogP contribution in [0.5, 0.6) is 11.5 Å². The van der Waals surface area contributed by atoms with Crippen LogP contribution >= 0.6 is 11.8 Å². The van der Waals surface area contributed by atoms with E-state index in [1.165, 1.54) is 33.4 Å². The molecule has 9 nitrogen and oxygen atoms in total. The van der Waals surface area contributed by atoms with E-state index in [4.69, 9.17) is 9.47 Å². The monoisotopic (exact) mass is 495 g/mol. The number of thioether (sulfide) groups is 1. The van der Waals surface area contributed by atoms with Gasteiger partial charge in [0.2, 0.25) is 11.7 Å². The number of carbonyl (C=O) groups excluding carboxylic acids is 2. The van der Waals surface area contributed by atoms with E-state index in [1.54, 1.807) is 30.3 Å². The second-order valence-electron chi connectivity index (χ2n) is 6.77. The van der Waals surface area contributed by atoms with E-state index in [1.807, 2.05) is 0 Å². The zero-order valence-corrected chi connectivity index (χ0v) is 19.1. The number of halogens is 3. The fraction of sp³-hybridized carbons (Fsp3) is 0.238. The van der Waals surface area contributed by atoms with Crippen LogP contribution in [-0.4, -0.2) is 46.6 Å². The van der Waals surface area contributed by atoms with Crippen LogP contribution in [0.2, 0.25) is 0 Å². The molecular formula is C21H20F3N5O4S. The number of amides is 2. The van der Waals surface area contributed by atoms with Crippen molar-refractivity contribution in [2.24, 2.45) is 7.05 Å². The molecule has 0 fully saturated rings. The summed E-state index contributed by atoms with van der Waals surface area (Å²) in [6.45, 7) is 0. The van der Waals surface area contributed by atoms with Crippen molar-refractivity contribution < 1.29 is 32.2 Å². The number of alkyl halides is 3. The minimum absolute atomic E-state index is 0.0639. The number of ether oxygens (including phenoxy) is 2. The van der Waals surface area contributed by atoms with Gasteiger partial charge in [-0.3, -0.25) is 9.59 Å². The Hall–Kier alpha value is -3.74. The Morgan fingerprint density at radius 2 is 1.59 bits per heavy atom. The summed E-state index contributed by atoms with van der Waals surface area (Å²) in [5.41, 5.74) is 1.01. The molecule has 0 saturated carbocycles. The molecule has 0 radical (unpaired) electrons. The van der Waals surface area contributed by atoms with Gasteiger partial charge in [0.1, 0.15) is 11.5 Å². The van der Waals surface area contributed by atoms with E-state index in [2.05, 4.69) is 20.8 Å². The van der Waals surface area contributed by atoms with E-state index >= 15 is 0 Å². The number of aromatic nitrogens is 3. The third kappa shape index (κ3) is 5.78. The lowest BCUT2D eigenvalue weighted by atomic mass is 10.2. The highest BCUT2D eigenvalue weighted by Crippen LogP contribution is 2.37. The maximum Gasteiger partial charge on any atom is 0.451 e. The van der Waals surface area contributed by atoms with Crippen molar-refractivity contribution in [2.75, 3.05) is 30.6 Å². The highest BCUT2D eigenvalue weighted by Gasteiger charge is 2.37.